The van der Waals surface area contributed by atoms with Crippen LogP contribution in [0.2, 0.25) is 5.02 Å². The quantitative estimate of drug-likeness (QED) is 0.885. The minimum atomic E-state index is -0.212. The first-order valence-corrected chi connectivity index (χ1v) is 6.59. The zero-order valence-corrected chi connectivity index (χ0v) is 12.1. The van der Waals surface area contributed by atoms with Gasteiger partial charge in [0.15, 0.2) is 0 Å². The molecule has 0 atom stereocenters. The monoisotopic (exact) mass is 343 g/mol. The number of hydrogen-bond donors (Lipinski definition) is 2. The number of hydrogen-bond acceptors (Lipinski definition) is 4. The molecule has 8 heteroatoms. The van der Waals surface area contributed by atoms with Crippen LogP contribution in [0.3, 0.4) is 0 Å². The number of anilines is 1. The first kappa shape index (κ1) is 14.0. The zero-order chi connectivity index (χ0) is 13.8. The number of amides is 1. The lowest BCUT2D eigenvalue weighted by atomic mass is 10.3. The van der Waals surface area contributed by atoms with Gasteiger partial charge in [0.25, 0.3) is 0 Å². The van der Waals surface area contributed by atoms with Crippen molar-refractivity contribution in [2.75, 3.05) is 5.32 Å². The van der Waals surface area contributed by atoms with Gasteiger partial charge in [0.05, 0.1) is 17.6 Å². The molecule has 0 saturated heterocycles. The third kappa shape index (κ3) is 3.76. The van der Waals surface area contributed by atoms with Gasteiger partial charge in [0, 0.05) is 16.0 Å². The molecule has 2 rings (SSSR count). The summed E-state index contributed by atoms with van der Waals surface area (Å²) in [5.41, 5.74) is 6.70. The highest BCUT2D eigenvalue weighted by molar-refractivity contribution is 9.10. The molecule has 0 spiro atoms. The summed E-state index contributed by atoms with van der Waals surface area (Å²) in [6.07, 6.45) is 1.64. The lowest BCUT2D eigenvalue weighted by Gasteiger charge is -2.07. The highest BCUT2D eigenvalue weighted by Gasteiger charge is 2.08. The average molecular weight is 345 g/mol. The van der Waals surface area contributed by atoms with Crippen LogP contribution in [-0.4, -0.2) is 20.9 Å². The van der Waals surface area contributed by atoms with Gasteiger partial charge < -0.3 is 11.1 Å². The third-order valence-electron chi connectivity index (χ3n) is 2.31. The number of nitrogens with two attached hydrogens (primary N) is 1. The van der Waals surface area contributed by atoms with E-state index in [9.17, 15) is 4.79 Å². The Labute approximate surface area is 123 Å². The predicted molar refractivity (Wildman–Crippen MR) is 75.7 cm³/mol. The fourth-order valence-corrected chi connectivity index (χ4v) is 2.22. The van der Waals surface area contributed by atoms with E-state index in [0.717, 1.165) is 4.47 Å². The van der Waals surface area contributed by atoms with E-state index in [2.05, 4.69) is 31.6 Å². The first-order chi connectivity index (χ1) is 9.08. The minimum absolute atomic E-state index is 0.0715. The molecular weight excluding hydrogens is 334 g/mol. The Morgan fingerprint density at radius 1 is 1.53 bits per heavy atom. The van der Waals surface area contributed by atoms with Crippen molar-refractivity contribution < 1.29 is 4.79 Å². The normalized spacial score (nSPS) is 10.5. The molecule has 1 aromatic carbocycles. The minimum Gasteiger partial charge on any atom is -0.325 e. The van der Waals surface area contributed by atoms with Crippen LogP contribution in [0, 0.1) is 0 Å². The van der Waals surface area contributed by atoms with E-state index in [1.165, 1.54) is 4.68 Å². The standard InChI is InChI=1S/C11H11BrClN5O/c12-9-3-7(13)1-2-10(9)15-11(19)6-18-5-8(4-14)16-17-18/h1-3,5H,4,6,14H2,(H,15,19). The molecule has 0 fully saturated rings. The molecule has 1 heterocycles. The summed E-state index contributed by atoms with van der Waals surface area (Å²) in [6, 6.07) is 5.13. The van der Waals surface area contributed by atoms with E-state index in [-0.39, 0.29) is 12.5 Å². The van der Waals surface area contributed by atoms with Crippen molar-refractivity contribution in [1.82, 2.24) is 15.0 Å². The van der Waals surface area contributed by atoms with E-state index in [4.69, 9.17) is 17.3 Å². The summed E-state index contributed by atoms with van der Waals surface area (Å²) < 4.78 is 2.15. The molecule has 0 aliphatic carbocycles. The highest BCUT2D eigenvalue weighted by atomic mass is 79.9. The largest absolute Gasteiger partial charge is 0.325 e. The van der Waals surface area contributed by atoms with E-state index < -0.39 is 0 Å². The average Bonchev–Trinajstić information content (AvgIpc) is 2.80. The highest BCUT2D eigenvalue weighted by Crippen LogP contribution is 2.25. The van der Waals surface area contributed by atoms with Crippen LogP contribution < -0.4 is 11.1 Å². The summed E-state index contributed by atoms with van der Waals surface area (Å²) in [4.78, 5) is 11.8. The van der Waals surface area contributed by atoms with Crippen LogP contribution in [0.1, 0.15) is 5.69 Å². The summed E-state index contributed by atoms with van der Waals surface area (Å²) in [7, 11) is 0. The molecule has 1 amide bonds. The predicted octanol–water partition coefficient (Wildman–Crippen LogP) is 1.79. The number of nitrogens with zero attached hydrogens (tertiary/aromatic N) is 3. The number of halogens is 2. The molecule has 0 unspecified atom stereocenters. The molecule has 100 valence electrons. The summed E-state index contributed by atoms with van der Waals surface area (Å²) in [6.45, 7) is 0.367. The van der Waals surface area contributed by atoms with E-state index >= 15 is 0 Å². The van der Waals surface area contributed by atoms with Crippen LogP contribution in [0.4, 0.5) is 5.69 Å². The Hall–Kier alpha value is -1.44. The van der Waals surface area contributed by atoms with E-state index in [1.807, 2.05) is 0 Å². The Morgan fingerprint density at radius 2 is 2.32 bits per heavy atom. The molecule has 0 aliphatic heterocycles. The third-order valence-corrected chi connectivity index (χ3v) is 3.20. The maximum absolute atomic E-state index is 11.8. The van der Waals surface area contributed by atoms with Gasteiger partial charge >= 0.3 is 0 Å². The van der Waals surface area contributed by atoms with Gasteiger partial charge in [0.1, 0.15) is 6.54 Å². The molecule has 0 saturated carbocycles. The molecule has 3 N–H and O–H groups in total. The zero-order valence-electron chi connectivity index (χ0n) is 9.81. The molecule has 0 radical (unpaired) electrons. The van der Waals surface area contributed by atoms with Crippen LogP contribution in [0.5, 0.6) is 0 Å². The molecule has 6 nitrogen and oxygen atoms in total. The number of rotatable bonds is 4. The topological polar surface area (TPSA) is 85.8 Å². The van der Waals surface area contributed by atoms with Gasteiger partial charge in [-0.2, -0.15) is 0 Å². The number of aromatic nitrogens is 3. The molecule has 2 aromatic rings. The Balaban J connectivity index is 2.01. The molecule has 1 aromatic heterocycles. The van der Waals surface area contributed by atoms with Crippen molar-refractivity contribution in [2.45, 2.75) is 13.1 Å². The van der Waals surface area contributed by atoms with Crippen LogP contribution in [0.25, 0.3) is 0 Å². The molecule has 0 bridgehead atoms. The van der Waals surface area contributed by atoms with Crippen molar-refractivity contribution in [2.24, 2.45) is 5.73 Å². The summed E-state index contributed by atoms with van der Waals surface area (Å²) in [5.74, 6) is -0.212. The molecule has 19 heavy (non-hydrogen) atoms. The SMILES string of the molecule is NCc1cn(CC(=O)Nc2ccc(Cl)cc2Br)nn1. The van der Waals surface area contributed by atoms with Gasteiger partial charge in [-0.15, -0.1) is 5.10 Å². The fraction of sp³-hybridized carbons (Fsp3) is 0.182. The molecule has 0 aliphatic rings. The first-order valence-electron chi connectivity index (χ1n) is 5.42. The number of carbonyl (C=O) groups excluding carboxylic acids is 1. The summed E-state index contributed by atoms with van der Waals surface area (Å²) in [5, 5.41) is 10.9. The second kappa shape index (κ2) is 6.14. The van der Waals surface area contributed by atoms with Crippen LogP contribution in [0.15, 0.2) is 28.9 Å². The lowest BCUT2D eigenvalue weighted by molar-refractivity contribution is -0.116. The van der Waals surface area contributed by atoms with Crippen LogP contribution >= 0.6 is 27.5 Å². The van der Waals surface area contributed by atoms with Gasteiger partial charge in [-0.25, -0.2) is 4.68 Å². The lowest BCUT2D eigenvalue weighted by Crippen LogP contribution is -2.19. The fourth-order valence-electron chi connectivity index (χ4n) is 1.44. The number of nitrogens with one attached hydrogen (secondary N) is 1. The Kier molecular flexibility index (Phi) is 4.52. The van der Waals surface area contributed by atoms with Crippen molar-refractivity contribution in [3.63, 3.8) is 0 Å². The number of carbonyl (C=O) groups is 1. The Bertz CT molecular complexity index is 601. The van der Waals surface area contributed by atoms with Gasteiger partial charge in [-0.3, -0.25) is 4.79 Å². The maximum Gasteiger partial charge on any atom is 0.246 e. The Morgan fingerprint density at radius 3 is 2.95 bits per heavy atom. The number of benzene rings is 1. The molecular formula is C11H11BrClN5O. The van der Waals surface area contributed by atoms with Gasteiger partial charge in [0.2, 0.25) is 5.91 Å². The van der Waals surface area contributed by atoms with E-state index in [0.29, 0.717) is 22.9 Å². The van der Waals surface area contributed by atoms with Crippen molar-refractivity contribution >= 4 is 39.1 Å². The van der Waals surface area contributed by atoms with Crippen LogP contribution in [-0.2, 0) is 17.9 Å². The van der Waals surface area contributed by atoms with Crippen molar-refractivity contribution in [3.8, 4) is 0 Å². The van der Waals surface area contributed by atoms with Gasteiger partial charge in [-0.05, 0) is 34.1 Å². The maximum atomic E-state index is 11.8. The summed E-state index contributed by atoms with van der Waals surface area (Å²) >= 11 is 9.15. The van der Waals surface area contributed by atoms with Crippen molar-refractivity contribution in [3.05, 3.63) is 39.6 Å². The second-order valence-electron chi connectivity index (χ2n) is 3.78. The second-order valence-corrected chi connectivity index (χ2v) is 5.07. The van der Waals surface area contributed by atoms with Gasteiger partial charge in [-0.1, -0.05) is 16.8 Å². The smallest absolute Gasteiger partial charge is 0.246 e. The van der Waals surface area contributed by atoms with E-state index in [1.54, 1.807) is 24.4 Å². The van der Waals surface area contributed by atoms with Crippen molar-refractivity contribution in [1.29, 1.82) is 0 Å².